The van der Waals surface area contributed by atoms with Crippen molar-refractivity contribution in [1.29, 1.82) is 0 Å². The molecule has 0 fully saturated rings. The van der Waals surface area contributed by atoms with E-state index in [2.05, 4.69) is 20.1 Å². The molecule has 0 aliphatic carbocycles. The van der Waals surface area contributed by atoms with E-state index in [9.17, 15) is 0 Å². The van der Waals surface area contributed by atoms with Crippen LogP contribution in [0, 0.1) is 0 Å². The lowest BCUT2D eigenvalue weighted by molar-refractivity contribution is 0.451. The second-order valence-electron chi connectivity index (χ2n) is 2.98. The first-order valence-electron chi connectivity index (χ1n) is 4.42. The van der Waals surface area contributed by atoms with Crippen LogP contribution in [0.15, 0.2) is 41.4 Å². The fraction of sp³-hybridized carbons (Fsp3) is 0. The first-order valence-corrected chi connectivity index (χ1v) is 4.42. The molecule has 0 atom stereocenters. The van der Waals surface area contributed by atoms with E-state index in [1.807, 2.05) is 12.1 Å². The van der Waals surface area contributed by atoms with Crippen molar-refractivity contribution in [3.05, 3.63) is 36.9 Å². The summed E-state index contributed by atoms with van der Waals surface area (Å²) in [7, 11) is 0. The summed E-state index contributed by atoms with van der Waals surface area (Å²) < 4.78 is 5.06. The van der Waals surface area contributed by atoms with Crippen molar-refractivity contribution in [2.24, 2.45) is 0 Å². The van der Waals surface area contributed by atoms with Crippen molar-refractivity contribution < 1.29 is 4.52 Å². The van der Waals surface area contributed by atoms with Gasteiger partial charge in [0.05, 0.1) is 0 Å². The lowest BCUT2D eigenvalue weighted by atomic mass is 10.2. The Morgan fingerprint density at radius 2 is 1.73 bits per heavy atom. The van der Waals surface area contributed by atoms with Crippen LogP contribution < -0.4 is 0 Å². The van der Waals surface area contributed by atoms with Crippen molar-refractivity contribution in [3.63, 3.8) is 0 Å². The zero-order valence-corrected chi connectivity index (χ0v) is 7.66. The monoisotopic (exact) mass is 198 g/mol. The Labute approximate surface area is 84.8 Å². The molecule has 0 aliphatic rings. The van der Waals surface area contributed by atoms with Crippen LogP contribution in [-0.4, -0.2) is 20.1 Å². The van der Waals surface area contributed by atoms with Crippen molar-refractivity contribution >= 4 is 11.2 Å². The van der Waals surface area contributed by atoms with Crippen LogP contribution in [0.5, 0.6) is 0 Å². The summed E-state index contributed by atoms with van der Waals surface area (Å²) in [5.74, 6) is 0. The molecule has 0 saturated carbocycles. The third kappa shape index (κ3) is 1.25. The fourth-order valence-corrected chi connectivity index (χ4v) is 1.39. The number of fused-ring (bicyclic) bond motifs is 1. The Morgan fingerprint density at radius 1 is 0.933 bits per heavy atom. The minimum atomic E-state index is 0.448. The van der Waals surface area contributed by atoms with Crippen LogP contribution in [0.3, 0.4) is 0 Å². The lowest BCUT2D eigenvalue weighted by Gasteiger charge is -1.92. The zero-order valence-electron chi connectivity index (χ0n) is 7.66. The second kappa shape index (κ2) is 3.13. The molecule has 0 saturated heterocycles. The third-order valence-corrected chi connectivity index (χ3v) is 2.07. The highest BCUT2D eigenvalue weighted by Gasteiger charge is 2.11. The summed E-state index contributed by atoms with van der Waals surface area (Å²) in [4.78, 5) is 12.1. The van der Waals surface area contributed by atoms with Gasteiger partial charge in [0.2, 0.25) is 0 Å². The molecule has 3 aromatic rings. The predicted molar refractivity (Wildman–Crippen MR) is 52.8 cm³/mol. The highest BCUT2D eigenvalue weighted by molar-refractivity contribution is 5.85. The molecule has 72 valence electrons. The van der Waals surface area contributed by atoms with Gasteiger partial charge in [-0.3, -0.25) is 4.98 Å². The van der Waals surface area contributed by atoms with Gasteiger partial charge in [-0.25, -0.2) is 9.97 Å². The van der Waals surface area contributed by atoms with E-state index in [1.165, 1.54) is 0 Å². The first-order chi connectivity index (χ1) is 7.45. The van der Waals surface area contributed by atoms with Gasteiger partial charge in [-0.2, -0.15) is 0 Å². The molecule has 0 amide bonds. The molecule has 3 aromatic heterocycles. The SMILES string of the molecule is c1cc(-c2noc3nccnc23)ccn1. The molecule has 3 heterocycles. The standard InChI is InChI=1S/C10H6N4O/c1-3-11-4-2-7(1)8-9-10(15-14-8)13-6-5-12-9/h1-6H. The zero-order chi connectivity index (χ0) is 10.1. The van der Waals surface area contributed by atoms with Gasteiger partial charge in [0, 0.05) is 30.4 Å². The van der Waals surface area contributed by atoms with E-state index in [-0.39, 0.29) is 0 Å². The number of hydrogen-bond acceptors (Lipinski definition) is 5. The molecule has 5 nitrogen and oxygen atoms in total. The maximum Gasteiger partial charge on any atom is 0.277 e. The van der Waals surface area contributed by atoms with Crippen molar-refractivity contribution in [1.82, 2.24) is 20.1 Å². The molecule has 0 N–H and O–H groups in total. The summed E-state index contributed by atoms with van der Waals surface area (Å²) in [6.45, 7) is 0. The van der Waals surface area contributed by atoms with Crippen molar-refractivity contribution in [2.45, 2.75) is 0 Å². The number of nitrogens with zero attached hydrogens (tertiary/aromatic N) is 4. The average Bonchev–Trinajstić information content (AvgIpc) is 2.74. The Balaban J connectivity index is 2.28. The summed E-state index contributed by atoms with van der Waals surface area (Å²) >= 11 is 0. The topological polar surface area (TPSA) is 64.7 Å². The van der Waals surface area contributed by atoms with Crippen LogP contribution in [0.1, 0.15) is 0 Å². The van der Waals surface area contributed by atoms with Gasteiger partial charge in [-0.15, -0.1) is 0 Å². The van der Waals surface area contributed by atoms with E-state index in [1.54, 1.807) is 24.8 Å². The van der Waals surface area contributed by atoms with Gasteiger partial charge in [0.1, 0.15) is 5.69 Å². The van der Waals surface area contributed by atoms with Crippen molar-refractivity contribution in [2.75, 3.05) is 0 Å². The van der Waals surface area contributed by atoms with Crippen LogP contribution in [0.2, 0.25) is 0 Å². The molecule has 0 aromatic carbocycles. The number of pyridine rings is 1. The van der Waals surface area contributed by atoms with Gasteiger partial charge < -0.3 is 4.52 Å². The molecule has 0 radical (unpaired) electrons. The van der Waals surface area contributed by atoms with Gasteiger partial charge in [0.15, 0.2) is 5.52 Å². The quantitative estimate of drug-likeness (QED) is 0.595. The summed E-state index contributed by atoms with van der Waals surface area (Å²) in [5, 5.41) is 3.94. The van der Waals surface area contributed by atoms with Gasteiger partial charge in [-0.05, 0) is 12.1 Å². The number of rotatable bonds is 1. The minimum absolute atomic E-state index is 0.448. The molecular formula is C10H6N4O. The number of hydrogen-bond donors (Lipinski definition) is 0. The average molecular weight is 198 g/mol. The van der Waals surface area contributed by atoms with Gasteiger partial charge >= 0.3 is 0 Å². The molecule has 0 spiro atoms. The smallest absolute Gasteiger partial charge is 0.277 e. The maximum absolute atomic E-state index is 5.06. The normalized spacial score (nSPS) is 10.7. The Bertz CT molecular complexity index is 590. The minimum Gasteiger partial charge on any atom is -0.333 e. The molecule has 0 unspecified atom stereocenters. The van der Waals surface area contributed by atoms with Crippen LogP contribution in [-0.2, 0) is 0 Å². The lowest BCUT2D eigenvalue weighted by Crippen LogP contribution is -1.81. The Morgan fingerprint density at radius 3 is 2.60 bits per heavy atom. The predicted octanol–water partition coefficient (Wildman–Crippen LogP) is 1.68. The van der Waals surface area contributed by atoms with Gasteiger partial charge in [-0.1, -0.05) is 5.16 Å². The summed E-state index contributed by atoms with van der Waals surface area (Å²) in [6, 6.07) is 3.71. The van der Waals surface area contributed by atoms with E-state index < -0.39 is 0 Å². The van der Waals surface area contributed by atoms with E-state index in [0.717, 1.165) is 5.56 Å². The largest absolute Gasteiger partial charge is 0.333 e. The van der Waals surface area contributed by atoms with Crippen LogP contribution in [0.25, 0.3) is 22.5 Å². The van der Waals surface area contributed by atoms with Crippen molar-refractivity contribution in [3.8, 4) is 11.3 Å². The molecule has 0 aliphatic heterocycles. The third-order valence-electron chi connectivity index (χ3n) is 2.07. The molecule has 15 heavy (non-hydrogen) atoms. The maximum atomic E-state index is 5.06. The van der Waals surface area contributed by atoms with E-state index >= 15 is 0 Å². The Kier molecular flexibility index (Phi) is 1.68. The highest BCUT2D eigenvalue weighted by Crippen LogP contribution is 2.23. The highest BCUT2D eigenvalue weighted by atomic mass is 16.5. The molecule has 3 rings (SSSR count). The number of aromatic nitrogens is 4. The van der Waals surface area contributed by atoms with E-state index in [0.29, 0.717) is 16.9 Å². The summed E-state index contributed by atoms with van der Waals surface area (Å²) in [6.07, 6.45) is 6.59. The van der Waals surface area contributed by atoms with Gasteiger partial charge in [0.25, 0.3) is 5.71 Å². The second-order valence-corrected chi connectivity index (χ2v) is 2.98. The summed E-state index contributed by atoms with van der Waals surface area (Å²) in [5.41, 5.74) is 2.73. The van der Waals surface area contributed by atoms with E-state index in [4.69, 9.17) is 4.52 Å². The van der Waals surface area contributed by atoms with Crippen LogP contribution >= 0.6 is 0 Å². The molecular weight excluding hydrogens is 192 g/mol. The Hall–Kier alpha value is -2.30. The fourth-order valence-electron chi connectivity index (χ4n) is 1.39. The molecule has 0 bridgehead atoms. The van der Waals surface area contributed by atoms with Crippen LogP contribution in [0.4, 0.5) is 0 Å². The first kappa shape index (κ1) is 8.05. The molecule has 5 heteroatoms.